The van der Waals surface area contributed by atoms with Crippen LogP contribution < -0.4 is 5.32 Å². The van der Waals surface area contributed by atoms with Gasteiger partial charge in [-0.25, -0.2) is 4.79 Å². The minimum atomic E-state index is -0.155. The SMILES string of the molecule is O=C(OCC1CCOCC1)N1CCC2(CNc3ccccc32)C1. The zero-order chi connectivity index (χ0) is 15.7. The van der Waals surface area contributed by atoms with Crippen LogP contribution in [0.4, 0.5) is 10.5 Å². The number of rotatable bonds is 2. The predicted octanol–water partition coefficient (Wildman–Crippen LogP) is 2.62. The maximum atomic E-state index is 12.4. The van der Waals surface area contributed by atoms with Gasteiger partial charge < -0.3 is 19.7 Å². The molecule has 0 aliphatic carbocycles. The maximum Gasteiger partial charge on any atom is 0.409 e. The largest absolute Gasteiger partial charge is 0.449 e. The van der Waals surface area contributed by atoms with Crippen molar-refractivity contribution >= 4 is 11.8 Å². The minimum absolute atomic E-state index is 0.0638. The number of fused-ring (bicyclic) bond motifs is 2. The molecule has 0 radical (unpaired) electrons. The number of amides is 1. The van der Waals surface area contributed by atoms with Crippen LogP contribution in [0.1, 0.15) is 24.8 Å². The second-order valence-corrected chi connectivity index (χ2v) is 6.98. The van der Waals surface area contributed by atoms with E-state index in [-0.39, 0.29) is 11.5 Å². The summed E-state index contributed by atoms with van der Waals surface area (Å²) >= 11 is 0. The first-order valence-corrected chi connectivity index (χ1v) is 8.60. The fourth-order valence-corrected chi connectivity index (χ4v) is 4.05. The number of carbonyl (C=O) groups is 1. The fourth-order valence-electron chi connectivity index (χ4n) is 4.05. The summed E-state index contributed by atoms with van der Waals surface area (Å²) in [6.07, 6.45) is 2.84. The number of likely N-dealkylation sites (tertiary alicyclic amines) is 1. The van der Waals surface area contributed by atoms with Crippen molar-refractivity contribution in [2.75, 3.05) is 44.8 Å². The summed E-state index contributed by atoms with van der Waals surface area (Å²) < 4.78 is 10.9. The van der Waals surface area contributed by atoms with Crippen molar-refractivity contribution < 1.29 is 14.3 Å². The first-order valence-electron chi connectivity index (χ1n) is 8.60. The third-order valence-electron chi connectivity index (χ3n) is 5.51. The van der Waals surface area contributed by atoms with Crippen molar-refractivity contribution in [3.8, 4) is 0 Å². The van der Waals surface area contributed by atoms with Crippen molar-refractivity contribution in [3.63, 3.8) is 0 Å². The molecule has 124 valence electrons. The van der Waals surface area contributed by atoms with E-state index in [1.807, 2.05) is 4.90 Å². The third-order valence-corrected chi connectivity index (χ3v) is 5.51. The molecule has 1 atom stereocenters. The molecule has 2 saturated heterocycles. The van der Waals surface area contributed by atoms with E-state index in [1.54, 1.807) is 0 Å². The molecule has 1 aromatic rings. The lowest BCUT2D eigenvalue weighted by Crippen LogP contribution is -2.36. The Morgan fingerprint density at radius 3 is 3.04 bits per heavy atom. The standard InChI is InChI=1S/C18H24N2O3/c21-17(23-11-14-5-9-22-10-6-14)20-8-7-18(13-20)12-19-16-4-2-1-3-15(16)18/h1-4,14,19H,5-13H2. The molecule has 3 heterocycles. The van der Waals surface area contributed by atoms with Gasteiger partial charge in [-0.05, 0) is 36.8 Å². The summed E-state index contributed by atoms with van der Waals surface area (Å²) in [5, 5.41) is 3.48. The Kier molecular flexibility index (Phi) is 3.89. The van der Waals surface area contributed by atoms with Gasteiger partial charge in [0.25, 0.3) is 0 Å². The number of anilines is 1. The number of nitrogens with zero attached hydrogens (tertiary/aromatic N) is 1. The molecule has 1 unspecified atom stereocenters. The monoisotopic (exact) mass is 316 g/mol. The van der Waals surface area contributed by atoms with Gasteiger partial charge in [0, 0.05) is 44.0 Å². The smallest absolute Gasteiger partial charge is 0.409 e. The lowest BCUT2D eigenvalue weighted by atomic mass is 9.82. The van der Waals surface area contributed by atoms with E-state index >= 15 is 0 Å². The van der Waals surface area contributed by atoms with E-state index in [0.717, 1.165) is 52.1 Å². The number of hydrogen-bond donors (Lipinski definition) is 1. The van der Waals surface area contributed by atoms with E-state index in [0.29, 0.717) is 12.5 Å². The molecule has 0 saturated carbocycles. The van der Waals surface area contributed by atoms with Crippen LogP contribution in [-0.4, -0.2) is 50.4 Å². The number of ether oxygens (including phenoxy) is 2. The summed E-state index contributed by atoms with van der Waals surface area (Å²) in [4.78, 5) is 14.3. The van der Waals surface area contributed by atoms with Gasteiger partial charge in [-0.1, -0.05) is 18.2 Å². The van der Waals surface area contributed by atoms with Crippen LogP contribution in [0.5, 0.6) is 0 Å². The highest BCUT2D eigenvalue weighted by atomic mass is 16.6. The van der Waals surface area contributed by atoms with Crippen LogP contribution in [0.25, 0.3) is 0 Å². The Bertz CT molecular complexity index is 585. The average Bonchev–Trinajstić information content (AvgIpc) is 3.20. The number of nitrogens with one attached hydrogen (secondary N) is 1. The van der Waals surface area contributed by atoms with E-state index < -0.39 is 0 Å². The van der Waals surface area contributed by atoms with E-state index in [2.05, 4.69) is 29.6 Å². The molecule has 23 heavy (non-hydrogen) atoms. The molecular formula is C18H24N2O3. The van der Waals surface area contributed by atoms with Crippen LogP contribution in [0, 0.1) is 5.92 Å². The van der Waals surface area contributed by atoms with Gasteiger partial charge in [0.1, 0.15) is 0 Å². The lowest BCUT2D eigenvalue weighted by Gasteiger charge is -2.25. The second kappa shape index (κ2) is 6.04. The summed E-state index contributed by atoms with van der Waals surface area (Å²) in [6.45, 7) is 4.55. The molecule has 5 nitrogen and oxygen atoms in total. The quantitative estimate of drug-likeness (QED) is 0.911. The average molecular weight is 316 g/mol. The van der Waals surface area contributed by atoms with Gasteiger partial charge in [-0.2, -0.15) is 0 Å². The molecule has 1 spiro atoms. The van der Waals surface area contributed by atoms with Crippen LogP contribution in [-0.2, 0) is 14.9 Å². The molecule has 5 heteroatoms. The summed E-state index contributed by atoms with van der Waals surface area (Å²) in [6, 6.07) is 8.45. The topological polar surface area (TPSA) is 50.8 Å². The normalized spacial score (nSPS) is 27.0. The molecule has 3 aliphatic rings. The Morgan fingerprint density at radius 1 is 1.35 bits per heavy atom. The van der Waals surface area contributed by atoms with Gasteiger partial charge in [-0.3, -0.25) is 0 Å². The van der Waals surface area contributed by atoms with Crippen molar-refractivity contribution in [2.24, 2.45) is 5.92 Å². The van der Waals surface area contributed by atoms with Gasteiger partial charge in [-0.15, -0.1) is 0 Å². The highest BCUT2D eigenvalue weighted by Crippen LogP contribution is 2.43. The molecular weight excluding hydrogens is 292 g/mol. The molecule has 1 aromatic carbocycles. The predicted molar refractivity (Wildman–Crippen MR) is 87.7 cm³/mol. The van der Waals surface area contributed by atoms with Gasteiger partial charge in [0.05, 0.1) is 6.61 Å². The highest BCUT2D eigenvalue weighted by molar-refractivity contribution is 5.70. The van der Waals surface area contributed by atoms with Crippen molar-refractivity contribution in [2.45, 2.75) is 24.7 Å². The van der Waals surface area contributed by atoms with Crippen molar-refractivity contribution in [1.82, 2.24) is 4.90 Å². The molecule has 0 aromatic heterocycles. The zero-order valence-corrected chi connectivity index (χ0v) is 13.4. The van der Waals surface area contributed by atoms with Crippen molar-refractivity contribution in [1.29, 1.82) is 0 Å². The van der Waals surface area contributed by atoms with Crippen LogP contribution in [0.2, 0.25) is 0 Å². The number of hydrogen-bond acceptors (Lipinski definition) is 4. The molecule has 4 rings (SSSR count). The van der Waals surface area contributed by atoms with Gasteiger partial charge in [0.2, 0.25) is 0 Å². The molecule has 2 fully saturated rings. The third kappa shape index (κ3) is 2.78. The molecule has 1 amide bonds. The summed E-state index contributed by atoms with van der Waals surface area (Å²) in [7, 11) is 0. The number of carbonyl (C=O) groups excluding carboxylic acids is 1. The van der Waals surface area contributed by atoms with Crippen LogP contribution >= 0.6 is 0 Å². The van der Waals surface area contributed by atoms with Crippen LogP contribution in [0.3, 0.4) is 0 Å². The van der Waals surface area contributed by atoms with Crippen LogP contribution in [0.15, 0.2) is 24.3 Å². The molecule has 0 bridgehead atoms. The van der Waals surface area contributed by atoms with Crippen molar-refractivity contribution in [3.05, 3.63) is 29.8 Å². The maximum absolute atomic E-state index is 12.4. The van der Waals surface area contributed by atoms with Gasteiger partial charge in [0.15, 0.2) is 0 Å². The Hall–Kier alpha value is -1.75. The fraction of sp³-hybridized carbons (Fsp3) is 0.611. The Morgan fingerprint density at radius 2 is 2.17 bits per heavy atom. The Labute approximate surface area is 136 Å². The first-order chi connectivity index (χ1) is 11.3. The molecule has 3 aliphatic heterocycles. The number of benzene rings is 1. The number of para-hydroxylation sites is 1. The van der Waals surface area contributed by atoms with Gasteiger partial charge >= 0.3 is 6.09 Å². The van der Waals surface area contributed by atoms with E-state index in [4.69, 9.17) is 9.47 Å². The molecule has 1 N–H and O–H groups in total. The first kappa shape index (κ1) is 14.8. The minimum Gasteiger partial charge on any atom is -0.449 e. The summed E-state index contributed by atoms with van der Waals surface area (Å²) in [5.41, 5.74) is 2.62. The lowest BCUT2D eigenvalue weighted by molar-refractivity contribution is 0.0307. The second-order valence-electron chi connectivity index (χ2n) is 6.98. The highest BCUT2D eigenvalue weighted by Gasteiger charge is 2.45. The summed E-state index contributed by atoms with van der Waals surface area (Å²) in [5.74, 6) is 0.457. The van der Waals surface area contributed by atoms with E-state index in [1.165, 1.54) is 11.3 Å². The zero-order valence-electron chi connectivity index (χ0n) is 13.4. The van der Waals surface area contributed by atoms with E-state index in [9.17, 15) is 4.79 Å². The Balaban J connectivity index is 1.36.